The second-order valence-corrected chi connectivity index (χ2v) is 7.42. The summed E-state index contributed by atoms with van der Waals surface area (Å²) in [6.07, 6.45) is 7.35. The maximum atomic E-state index is 12.4. The summed E-state index contributed by atoms with van der Waals surface area (Å²) in [6, 6.07) is 7.74. The fourth-order valence-corrected chi connectivity index (χ4v) is 4.18. The van der Waals surface area contributed by atoms with Crippen molar-refractivity contribution in [2.45, 2.75) is 51.5 Å². The van der Waals surface area contributed by atoms with Crippen molar-refractivity contribution < 1.29 is 9.59 Å². The van der Waals surface area contributed by atoms with Gasteiger partial charge in [-0.15, -0.1) is 0 Å². The zero-order valence-electron chi connectivity index (χ0n) is 14.8. The van der Waals surface area contributed by atoms with Gasteiger partial charge in [-0.25, -0.2) is 0 Å². The van der Waals surface area contributed by atoms with Gasteiger partial charge in [-0.05, 0) is 55.8 Å². The average Bonchev–Trinajstić information content (AvgIpc) is 3.31. The molecule has 0 saturated heterocycles. The molecule has 0 aliphatic heterocycles. The molecule has 0 radical (unpaired) electrons. The quantitative estimate of drug-likeness (QED) is 0.742. The van der Waals surface area contributed by atoms with E-state index >= 15 is 0 Å². The maximum absolute atomic E-state index is 12.4. The topological polar surface area (TPSA) is 84.2 Å². The van der Waals surface area contributed by atoms with E-state index in [9.17, 15) is 9.59 Å². The fourth-order valence-electron chi connectivity index (χ4n) is 4.18. The summed E-state index contributed by atoms with van der Waals surface area (Å²) in [6.45, 7) is 1.07. The zero-order valence-corrected chi connectivity index (χ0v) is 14.8. The lowest BCUT2D eigenvalue weighted by atomic mass is 9.95. The number of carbonyl (C=O) groups excluding carboxylic acids is 2. The van der Waals surface area contributed by atoms with Crippen LogP contribution in [0, 0.1) is 17.8 Å². The van der Waals surface area contributed by atoms with Crippen LogP contribution in [0.3, 0.4) is 0 Å². The van der Waals surface area contributed by atoms with Crippen LogP contribution in [0.4, 0.5) is 5.69 Å². The van der Waals surface area contributed by atoms with Crippen molar-refractivity contribution >= 4 is 17.5 Å². The van der Waals surface area contributed by atoms with Crippen LogP contribution in [0.2, 0.25) is 0 Å². The van der Waals surface area contributed by atoms with E-state index < -0.39 is 0 Å². The Morgan fingerprint density at radius 3 is 2.60 bits per heavy atom. The summed E-state index contributed by atoms with van der Waals surface area (Å²) in [5.41, 5.74) is 7.58. The molecule has 5 nitrogen and oxygen atoms in total. The van der Waals surface area contributed by atoms with Crippen LogP contribution >= 0.6 is 0 Å². The number of benzene rings is 1. The molecular formula is C20H29N3O2. The third-order valence-corrected chi connectivity index (χ3v) is 5.69. The number of hydrogen-bond acceptors (Lipinski definition) is 3. The molecule has 136 valence electrons. The first-order valence-electron chi connectivity index (χ1n) is 9.55. The molecule has 0 heterocycles. The largest absolute Gasteiger partial charge is 0.352 e. The highest BCUT2D eigenvalue weighted by Gasteiger charge is 2.31. The molecule has 1 aromatic rings. The molecule has 25 heavy (non-hydrogen) atoms. The molecule has 1 aromatic carbocycles. The molecule has 0 spiro atoms. The Kier molecular flexibility index (Phi) is 6.08. The molecule has 4 N–H and O–H groups in total. The predicted octanol–water partition coefficient (Wildman–Crippen LogP) is 2.81. The fraction of sp³-hybridized carbons (Fsp3) is 0.600. The molecule has 0 unspecified atom stereocenters. The number of amides is 2. The van der Waals surface area contributed by atoms with E-state index in [2.05, 4.69) is 10.6 Å². The number of hydrogen-bond donors (Lipinski definition) is 3. The monoisotopic (exact) mass is 343 g/mol. The highest BCUT2D eigenvalue weighted by atomic mass is 16.2. The van der Waals surface area contributed by atoms with Gasteiger partial charge < -0.3 is 16.4 Å². The Labute approximate surface area is 149 Å². The summed E-state index contributed by atoms with van der Waals surface area (Å²) in [5.74, 6) is 0.745. The minimum atomic E-state index is 0.0512. The third kappa shape index (κ3) is 4.60. The summed E-state index contributed by atoms with van der Waals surface area (Å²) in [4.78, 5) is 24.6. The number of anilines is 1. The molecule has 2 saturated carbocycles. The van der Waals surface area contributed by atoms with Gasteiger partial charge in [0.05, 0.1) is 0 Å². The minimum absolute atomic E-state index is 0.0512. The summed E-state index contributed by atoms with van der Waals surface area (Å²) in [5, 5.41) is 6.05. The lowest BCUT2D eigenvalue weighted by Crippen LogP contribution is -2.34. The van der Waals surface area contributed by atoms with Gasteiger partial charge in [0.2, 0.25) is 11.8 Å². The van der Waals surface area contributed by atoms with E-state index in [-0.39, 0.29) is 23.7 Å². The van der Waals surface area contributed by atoms with E-state index in [4.69, 9.17) is 5.73 Å². The van der Waals surface area contributed by atoms with Crippen molar-refractivity contribution in [1.29, 1.82) is 0 Å². The first-order chi connectivity index (χ1) is 12.2. The van der Waals surface area contributed by atoms with Gasteiger partial charge in [-0.1, -0.05) is 31.4 Å². The number of nitrogens with two attached hydrogens (primary N) is 1. The molecule has 2 amide bonds. The molecule has 2 aliphatic carbocycles. The first kappa shape index (κ1) is 17.9. The smallest absolute Gasteiger partial charge is 0.227 e. The summed E-state index contributed by atoms with van der Waals surface area (Å²) >= 11 is 0. The molecule has 2 fully saturated rings. The van der Waals surface area contributed by atoms with Crippen molar-refractivity contribution in [2.24, 2.45) is 23.5 Å². The van der Waals surface area contributed by atoms with Crippen molar-refractivity contribution in [3.05, 3.63) is 29.8 Å². The molecule has 2 atom stereocenters. The first-order valence-corrected chi connectivity index (χ1v) is 9.55. The van der Waals surface area contributed by atoms with Crippen molar-refractivity contribution in [1.82, 2.24) is 5.32 Å². The second kappa shape index (κ2) is 8.48. The van der Waals surface area contributed by atoms with Crippen molar-refractivity contribution in [3.63, 3.8) is 0 Å². The van der Waals surface area contributed by atoms with Gasteiger partial charge in [-0.2, -0.15) is 0 Å². The zero-order chi connectivity index (χ0) is 17.6. The van der Waals surface area contributed by atoms with Gasteiger partial charge in [0, 0.05) is 24.1 Å². The predicted molar refractivity (Wildman–Crippen MR) is 98.8 cm³/mol. The highest BCUT2D eigenvalue weighted by molar-refractivity contribution is 5.92. The maximum Gasteiger partial charge on any atom is 0.227 e. The number of rotatable bonds is 6. The van der Waals surface area contributed by atoms with Gasteiger partial charge in [0.15, 0.2) is 0 Å². The van der Waals surface area contributed by atoms with Crippen LogP contribution in [0.1, 0.15) is 50.5 Å². The molecule has 2 aliphatic rings. The molecule has 3 rings (SSSR count). The van der Waals surface area contributed by atoms with Gasteiger partial charge >= 0.3 is 0 Å². The Balaban J connectivity index is 1.52. The Morgan fingerprint density at radius 2 is 1.84 bits per heavy atom. The SMILES string of the molecule is NC[C@H]1CCC[C@H]1C(=O)NCc1cccc(NC(=O)C2CCCC2)c1. The highest BCUT2D eigenvalue weighted by Crippen LogP contribution is 2.31. The average molecular weight is 343 g/mol. The van der Waals surface area contributed by atoms with E-state index in [1.54, 1.807) is 0 Å². The third-order valence-electron chi connectivity index (χ3n) is 5.69. The van der Waals surface area contributed by atoms with Crippen LogP contribution in [0.15, 0.2) is 24.3 Å². The standard InChI is InChI=1S/C20H29N3O2/c21-12-16-8-4-10-18(16)20(25)22-13-14-5-3-9-17(11-14)23-19(24)15-6-1-2-7-15/h3,5,9,11,15-16,18H,1-2,4,6-8,10,12-13,21H2,(H,22,25)(H,23,24)/t16-,18-/m1/s1. The van der Waals surface area contributed by atoms with Gasteiger partial charge in [0.25, 0.3) is 0 Å². The van der Waals surface area contributed by atoms with Gasteiger partial charge in [0.1, 0.15) is 0 Å². The second-order valence-electron chi connectivity index (χ2n) is 7.42. The lowest BCUT2D eigenvalue weighted by Gasteiger charge is -2.17. The molecule has 0 bridgehead atoms. The van der Waals surface area contributed by atoms with Crippen LogP contribution < -0.4 is 16.4 Å². The molecule has 0 aromatic heterocycles. The lowest BCUT2D eigenvalue weighted by molar-refractivity contribution is -0.126. The normalized spacial score (nSPS) is 23.6. The minimum Gasteiger partial charge on any atom is -0.352 e. The van der Waals surface area contributed by atoms with Crippen LogP contribution in [0.5, 0.6) is 0 Å². The van der Waals surface area contributed by atoms with Crippen LogP contribution in [-0.4, -0.2) is 18.4 Å². The van der Waals surface area contributed by atoms with Crippen LogP contribution in [0.25, 0.3) is 0 Å². The summed E-state index contributed by atoms with van der Waals surface area (Å²) < 4.78 is 0. The molecule has 5 heteroatoms. The Hall–Kier alpha value is -1.88. The van der Waals surface area contributed by atoms with Crippen LogP contribution in [-0.2, 0) is 16.1 Å². The number of carbonyl (C=O) groups is 2. The Bertz CT molecular complexity index is 611. The van der Waals surface area contributed by atoms with E-state index in [1.807, 2.05) is 24.3 Å². The van der Waals surface area contributed by atoms with Gasteiger partial charge in [-0.3, -0.25) is 9.59 Å². The van der Waals surface area contributed by atoms with E-state index in [1.165, 1.54) is 0 Å². The number of nitrogens with one attached hydrogen (secondary N) is 2. The Morgan fingerprint density at radius 1 is 1.04 bits per heavy atom. The van der Waals surface area contributed by atoms with E-state index in [0.717, 1.165) is 56.2 Å². The van der Waals surface area contributed by atoms with Crippen molar-refractivity contribution in [3.8, 4) is 0 Å². The molecular weight excluding hydrogens is 314 g/mol. The van der Waals surface area contributed by atoms with E-state index in [0.29, 0.717) is 19.0 Å². The summed E-state index contributed by atoms with van der Waals surface area (Å²) in [7, 11) is 0. The van der Waals surface area contributed by atoms with Crippen molar-refractivity contribution in [2.75, 3.05) is 11.9 Å².